The maximum absolute atomic E-state index is 5.31. The second-order valence-electron chi connectivity index (χ2n) is 4.16. The van der Waals surface area contributed by atoms with Crippen molar-refractivity contribution in [2.75, 3.05) is 6.61 Å². The van der Waals surface area contributed by atoms with Gasteiger partial charge in [0.05, 0.1) is 0 Å². The van der Waals surface area contributed by atoms with Gasteiger partial charge in [-0.1, -0.05) is 17.1 Å². The van der Waals surface area contributed by atoms with E-state index in [1.54, 1.807) is 18.3 Å². The van der Waals surface area contributed by atoms with Gasteiger partial charge in [0.25, 0.3) is 5.89 Å². The van der Waals surface area contributed by atoms with Gasteiger partial charge in [-0.05, 0) is 36.4 Å². The predicted octanol–water partition coefficient (Wildman–Crippen LogP) is 2.81. The fourth-order valence-corrected chi connectivity index (χ4v) is 1.76. The van der Waals surface area contributed by atoms with Crippen molar-refractivity contribution in [3.63, 3.8) is 0 Å². The molecular weight excluding hydrogens is 266 g/mol. The first-order valence-corrected chi connectivity index (χ1v) is 6.28. The SMILES string of the molecule is C#CCOc1ccc(-c2nc(-c3ccccn3)no2)cc1. The van der Waals surface area contributed by atoms with Crippen molar-refractivity contribution in [2.24, 2.45) is 0 Å². The highest BCUT2D eigenvalue weighted by Gasteiger charge is 2.11. The van der Waals surface area contributed by atoms with Crippen molar-refractivity contribution in [1.82, 2.24) is 15.1 Å². The number of pyridine rings is 1. The van der Waals surface area contributed by atoms with Crippen molar-refractivity contribution < 1.29 is 9.26 Å². The van der Waals surface area contributed by atoms with E-state index in [1.165, 1.54) is 0 Å². The zero-order valence-electron chi connectivity index (χ0n) is 11.1. The van der Waals surface area contributed by atoms with Gasteiger partial charge in [0.1, 0.15) is 18.1 Å². The topological polar surface area (TPSA) is 61.0 Å². The molecule has 0 atom stereocenters. The molecule has 0 aliphatic rings. The monoisotopic (exact) mass is 277 g/mol. The molecule has 0 saturated carbocycles. The van der Waals surface area contributed by atoms with Gasteiger partial charge in [-0.25, -0.2) is 0 Å². The lowest BCUT2D eigenvalue weighted by molar-refractivity contribution is 0.370. The van der Waals surface area contributed by atoms with Gasteiger partial charge in [0, 0.05) is 11.8 Å². The molecule has 0 fully saturated rings. The molecule has 3 aromatic rings. The second kappa shape index (κ2) is 5.88. The highest BCUT2D eigenvalue weighted by Crippen LogP contribution is 2.23. The highest BCUT2D eigenvalue weighted by molar-refractivity contribution is 5.58. The van der Waals surface area contributed by atoms with Gasteiger partial charge in [0.2, 0.25) is 5.82 Å². The summed E-state index contributed by atoms with van der Waals surface area (Å²) in [5.74, 6) is 4.00. The average molecular weight is 277 g/mol. The Labute approximate surface area is 121 Å². The minimum atomic E-state index is 0.240. The van der Waals surface area contributed by atoms with E-state index in [9.17, 15) is 0 Å². The number of hydrogen-bond donors (Lipinski definition) is 0. The predicted molar refractivity (Wildman–Crippen MR) is 77.3 cm³/mol. The molecular formula is C16H11N3O2. The van der Waals surface area contributed by atoms with E-state index in [2.05, 4.69) is 21.0 Å². The molecule has 0 unspecified atom stereocenters. The number of rotatable bonds is 4. The highest BCUT2D eigenvalue weighted by atomic mass is 16.5. The van der Waals surface area contributed by atoms with Crippen LogP contribution in [-0.4, -0.2) is 21.7 Å². The van der Waals surface area contributed by atoms with Gasteiger partial charge in [-0.2, -0.15) is 4.98 Å². The molecule has 21 heavy (non-hydrogen) atoms. The molecule has 0 bridgehead atoms. The smallest absolute Gasteiger partial charge is 0.258 e. The van der Waals surface area contributed by atoms with Gasteiger partial charge in [0.15, 0.2) is 0 Å². The Morgan fingerprint density at radius 2 is 2.00 bits per heavy atom. The number of ether oxygens (including phenoxy) is 1. The first-order valence-electron chi connectivity index (χ1n) is 6.28. The zero-order chi connectivity index (χ0) is 14.5. The summed E-state index contributed by atoms with van der Waals surface area (Å²) in [5.41, 5.74) is 1.47. The molecule has 3 rings (SSSR count). The third-order valence-electron chi connectivity index (χ3n) is 2.74. The van der Waals surface area contributed by atoms with Crippen LogP contribution in [0, 0.1) is 12.3 Å². The molecule has 5 nitrogen and oxygen atoms in total. The van der Waals surface area contributed by atoms with Crippen LogP contribution in [0.1, 0.15) is 0 Å². The molecule has 0 radical (unpaired) electrons. The maximum atomic E-state index is 5.31. The van der Waals surface area contributed by atoms with Crippen molar-refractivity contribution in [3.8, 4) is 41.1 Å². The summed E-state index contributed by atoms with van der Waals surface area (Å²) in [6, 6.07) is 12.8. The van der Waals surface area contributed by atoms with Gasteiger partial charge >= 0.3 is 0 Å². The Kier molecular flexibility index (Phi) is 3.61. The third kappa shape index (κ3) is 2.90. The molecule has 0 saturated heterocycles. The number of terminal acetylenes is 1. The van der Waals surface area contributed by atoms with Crippen LogP contribution in [0.3, 0.4) is 0 Å². The number of nitrogens with zero attached hydrogens (tertiary/aromatic N) is 3. The minimum Gasteiger partial charge on any atom is -0.481 e. The molecule has 0 amide bonds. The maximum Gasteiger partial charge on any atom is 0.258 e. The third-order valence-corrected chi connectivity index (χ3v) is 2.74. The van der Waals surface area contributed by atoms with E-state index in [-0.39, 0.29) is 6.61 Å². The standard InChI is InChI=1S/C16H11N3O2/c1-2-11-20-13-8-6-12(7-9-13)16-18-15(19-21-16)14-5-3-4-10-17-14/h1,3-10H,11H2. The summed E-state index contributed by atoms with van der Waals surface area (Å²) in [4.78, 5) is 8.51. The summed E-state index contributed by atoms with van der Waals surface area (Å²) in [6.07, 6.45) is 6.82. The normalized spacial score (nSPS) is 10.0. The molecule has 5 heteroatoms. The van der Waals surface area contributed by atoms with E-state index in [4.69, 9.17) is 15.7 Å². The van der Waals surface area contributed by atoms with E-state index in [0.29, 0.717) is 23.2 Å². The Morgan fingerprint density at radius 1 is 1.14 bits per heavy atom. The van der Waals surface area contributed by atoms with Crippen molar-refractivity contribution in [3.05, 3.63) is 48.7 Å². The lowest BCUT2D eigenvalue weighted by Gasteiger charge is -2.01. The Morgan fingerprint density at radius 3 is 2.71 bits per heavy atom. The van der Waals surface area contributed by atoms with Crippen LogP contribution in [0.15, 0.2) is 53.2 Å². The van der Waals surface area contributed by atoms with E-state index < -0.39 is 0 Å². The number of hydrogen-bond acceptors (Lipinski definition) is 5. The summed E-state index contributed by atoms with van der Waals surface area (Å²) in [7, 11) is 0. The van der Waals surface area contributed by atoms with Crippen LogP contribution in [0.4, 0.5) is 0 Å². The largest absolute Gasteiger partial charge is 0.481 e. The van der Waals surface area contributed by atoms with Crippen LogP contribution in [0.5, 0.6) is 5.75 Å². The fraction of sp³-hybridized carbons (Fsp3) is 0.0625. The molecule has 2 heterocycles. The van der Waals surface area contributed by atoms with Crippen LogP contribution in [0.25, 0.3) is 23.0 Å². The van der Waals surface area contributed by atoms with E-state index >= 15 is 0 Å². The van der Waals surface area contributed by atoms with Crippen molar-refractivity contribution >= 4 is 0 Å². The first kappa shape index (κ1) is 12.9. The molecule has 0 aliphatic heterocycles. The summed E-state index contributed by atoms with van der Waals surface area (Å²) in [5, 5.41) is 3.93. The lowest BCUT2D eigenvalue weighted by Crippen LogP contribution is -1.92. The van der Waals surface area contributed by atoms with Gasteiger partial charge < -0.3 is 9.26 Å². The first-order chi connectivity index (χ1) is 10.4. The van der Waals surface area contributed by atoms with E-state index in [0.717, 1.165) is 5.56 Å². The number of aromatic nitrogens is 3. The summed E-state index contributed by atoms with van der Waals surface area (Å²) < 4.78 is 10.6. The minimum absolute atomic E-state index is 0.240. The Balaban J connectivity index is 1.82. The van der Waals surface area contributed by atoms with Crippen LogP contribution < -0.4 is 4.74 Å². The van der Waals surface area contributed by atoms with Gasteiger partial charge in [-0.3, -0.25) is 4.98 Å². The summed E-state index contributed by atoms with van der Waals surface area (Å²) >= 11 is 0. The molecule has 1 aromatic carbocycles. The second-order valence-corrected chi connectivity index (χ2v) is 4.16. The van der Waals surface area contributed by atoms with Gasteiger partial charge in [-0.15, -0.1) is 6.42 Å². The zero-order valence-corrected chi connectivity index (χ0v) is 11.1. The summed E-state index contributed by atoms with van der Waals surface area (Å²) in [6.45, 7) is 0.240. The quantitative estimate of drug-likeness (QED) is 0.686. The average Bonchev–Trinajstić information content (AvgIpc) is 3.04. The van der Waals surface area contributed by atoms with Crippen LogP contribution in [0.2, 0.25) is 0 Å². The Hall–Kier alpha value is -3.13. The molecule has 0 N–H and O–H groups in total. The fourth-order valence-electron chi connectivity index (χ4n) is 1.76. The van der Waals surface area contributed by atoms with E-state index in [1.807, 2.05) is 30.3 Å². The lowest BCUT2D eigenvalue weighted by atomic mass is 10.2. The van der Waals surface area contributed by atoms with Crippen LogP contribution in [-0.2, 0) is 0 Å². The molecule has 0 aliphatic carbocycles. The van der Waals surface area contributed by atoms with Crippen molar-refractivity contribution in [1.29, 1.82) is 0 Å². The Bertz CT molecular complexity index is 758. The van der Waals surface area contributed by atoms with Crippen molar-refractivity contribution in [2.45, 2.75) is 0 Å². The molecule has 102 valence electrons. The van der Waals surface area contributed by atoms with Crippen LogP contribution >= 0.6 is 0 Å². The molecule has 2 aromatic heterocycles. The molecule has 0 spiro atoms. The number of benzene rings is 1.